The molecule has 0 unspecified atom stereocenters. The SMILES string of the molecule is CN(C1=Nc2ccccc2Nc2ccccc21)c1ccccc1Cl. The van der Waals surface area contributed by atoms with Gasteiger partial charge in [0.25, 0.3) is 0 Å². The molecule has 24 heavy (non-hydrogen) atoms. The number of hydrogen-bond donors (Lipinski definition) is 1. The molecule has 3 aromatic rings. The van der Waals surface area contributed by atoms with Crippen LogP contribution < -0.4 is 10.2 Å². The number of rotatable bonds is 1. The molecule has 1 N–H and O–H groups in total. The molecule has 0 radical (unpaired) electrons. The Balaban J connectivity index is 1.92. The minimum atomic E-state index is 0.700. The smallest absolute Gasteiger partial charge is 0.142 e. The number of nitrogens with zero attached hydrogens (tertiary/aromatic N) is 2. The van der Waals surface area contributed by atoms with Gasteiger partial charge in [-0.1, -0.05) is 48.0 Å². The van der Waals surface area contributed by atoms with Crippen molar-refractivity contribution in [2.24, 2.45) is 4.99 Å². The molecule has 0 aromatic heterocycles. The minimum Gasteiger partial charge on any atom is -0.353 e. The van der Waals surface area contributed by atoms with E-state index >= 15 is 0 Å². The van der Waals surface area contributed by atoms with Crippen molar-refractivity contribution >= 4 is 40.2 Å². The molecule has 118 valence electrons. The van der Waals surface area contributed by atoms with Crippen molar-refractivity contribution in [3.05, 3.63) is 83.4 Å². The third kappa shape index (κ3) is 2.53. The Kier molecular flexibility index (Phi) is 3.71. The zero-order valence-corrected chi connectivity index (χ0v) is 14.0. The van der Waals surface area contributed by atoms with Crippen LogP contribution in [0.2, 0.25) is 5.02 Å². The second kappa shape index (κ2) is 6.02. The second-order valence-corrected chi connectivity index (χ2v) is 6.04. The Hall–Kier alpha value is -2.78. The van der Waals surface area contributed by atoms with Crippen LogP contribution in [-0.2, 0) is 0 Å². The lowest BCUT2D eigenvalue weighted by molar-refractivity contribution is 1.25. The molecular weight excluding hydrogens is 318 g/mol. The first kappa shape index (κ1) is 14.8. The fraction of sp³-hybridized carbons (Fsp3) is 0.0500. The van der Waals surface area contributed by atoms with Crippen molar-refractivity contribution in [3.8, 4) is 0 Å². The number of anilines is 3. The summed E-state index contributed by atoms with van der Waals surface area (Å²) >= 11 is 6.39. The molecule has 1 heterocycles. The number of hydrogen-bond acceptors (Lipinski definition) is 3. The molecule has 0 atom stereocenters. The Morgan fingerprint density at radius 3 is 2.33 bits per heavy atom. The first-order valence-electron chi connectivity index (χ1n) is 7.76. The minimum absolute atomic E-state index is 0.700. The highest BCUT2D eigenvalue weighted by Gasteiger charge is 2.20. The van der Waals surface area contributed by atoms with Gasteiger partial charge in [-0.05, 0) is 36.4 Å². The van der Waals surface area contributed by atoms with Crippen LogP contribution in [0.5, 0.6) is 0 Å². The largest absolute Gasteiger partial charge is 0.353 e. The van der Waals surface area contributed by atoms with E-state index in [2.05, 4.69) is 17.4 Å². The Morgan fingerprint density at radius 2 is 1.50 bits per heavy atom. The summed E-state index contributed by atoms with van der Waals surface area (Å²) in [5.74, 6) is 0.858. The first-order valence-corrected chi connectivity index (χ1v) is 8.14. The zero-order chi connectivity index (χ0) is 16.5. The molecule has 0 spiro atoms. The topological polar surface area (TPSA) is 27.6 Å². The van der Waals surface area contributed by atoms with Gasteiger partial charge in [0.1, 0.15) is 5.84 Å². The molecule has 0 amide bonds. The average molecular weight is 334 g/mol. The number of amidine groups is 1. The Morgan fingerprint density at radius 1 is 0.833 bits per heavy atom. The van der Waals surface area contributed by atoms with Crippen LogP contribution >= 0.6 is 11.6 Å². The molecule has 1 aliphatic rings. The van der Waals surface area contributed by atoms with E-state index < -0.39 is 0 Å². The Labute approximate surface area is 146 Å². The molecule has 3 aromatic carbocycles. The highest BCUT2D eigenvalue weighted by Crippen LogP contribution is 2.36. The Bertz CT molecular complexity index is 933. The summed E-state index contributed by atoms with van der Waals surface area (Å²) in [4.78, 5) is 6.95. The maximum Gasteiger partial charge on any atom is 0.142 e. The van der Waals surface area contributed by atoms with Crippen molar-refractivity contribution in [3.63, 3.8) is 0 Å². The van der Waals surface area contributed by atoms with Crippen LogP contribution in [0.1, 0.15) is 5.56 Å². The van der Waals surface area contributed by atoms with Gasteiger partial charge < -0.3 is 10.2 Å². The van der Waals surface area contributed by atoms with Gasteiger partial charge in [0, 0.05) is 18.3 Å². The predicted molar refractivity (Wildman–Crippen MR) is 102 cm³/mol. The highest BCUT2D eigenvalue weighted by atomic mass is 35.5. The number of para-hydroxylation sites is 4. The quantitative estimate of drug-likeness (QED) is 0.626. The molecule has 0 bridgehead atoms. The highest BCUT2D eigenvalue weighted by molar-refractivity contribution is 6.34. The fourth-order valence-electron chi connectivity index (χ4n) is 2.88. The lowest BCUT2D eigenvalue weighted by Crippen LogP contribution is -2.27. The van der Waals surface area contributed by atoms with Crippen LogP contribution in [-0.4, -0.2) is 12.9 Å². The third-order valence-electron chi connectivity index (χ3n) is 4.10. The summed E-state index contributed by atoms with van der Waals surface area (Å²) in [6.07, 6.45) is 0. The van der Waals surface area contributed by atoms with Gasteiger partial charge >= 0.3 is 0 Å². The molecule has 4 rings (SSSR count). The van der Waals surface area contributed by atoms with Gasteiger partial charge in [0.2, 0.25) is 0 Å². The van der Waals surface area contributed by atoms with Gasteiger partial charge in [-0.15, -0.1) is 0 Å². The van der Waals surface area contributed by atoms with E-state index in [1.54, 1.807) is 0 Å². The maximum absolute atomic E-state index is 6.39. The van der Waals surface area contributed by atoms with Crippen molar-refractivity contribution in [2.45, 2.75) is 0 Å². The summed E-state index contributed by atoms with van der Waals surface area (Å²) in [6, 6.07) is 24.0. The average Bonchev–Trinajstić information content (AvgIpc) is 2.78. The van der Waals surface area contributed by atoms with E-state index in [0.717, 1.165) is 34.1 Å². The second-order valence-electron chi connectivity index (χ2n) is 5.63. The molecule has 3 nitrogen and oxygen atoms in total. The van der Waals surface area contributed by atoms with Crippen molar-refractivity contribution in [1.82, 2.24) is 0 Å². The van der Waals surface area contributed by atoms with Gasteiger partial charge in [-0.25, -0.2) is 4.99 Å². The summed E-state index contributed by atoms with van der Waals surface area (Å²) in [5.41, 5.74) is 4.89. The normalized spacial score (nSPS) is 12.3. The van der Waals surface area contributed by atoms with Crippen LogP contribution in [0.4, 0.5) is 22.7 Å². The summed E-state index contributed by atoms with van der Waals surface area (Å²) in [5, 5.41) is 4.18. The number of fused-ring (bicyclic) bond motifs is 2. The van der Waals surface area contributed by atoms with E-state index in [4.69, 9.17) is 16.6 Å². The number of halogens is 1. The van der Waals surface area contributed by atoms with Gasteiger partial charge in [0.15, 0.2) is 0 Å². The van der Waals surface area contributed by atoms with Crippen LogP contribution in [0.15, 0.2) is 77.8 Å². The fourth-order valence-corrected chi connectivity index (χ4v) is 3.14. The van der Waals surface area contributed by atoms with Crippen molar-refractivity contribution < 1.29 is 0 Å². The van der Waals surface area contributed by atoms with Crippen LogP contribution in [0, 0.1) is 0 Å². The number of aliphatic imine (C=N–C) groups is 1. The monoisotopic (exact) mass is 333 g/mol. The van der Waals surface area contributed by atoms with Crippen molar-refractivity contribution in [1.29, 1.82) is 0 Å². The van der Waals surface area contributed by atoms with Crippen LogP contribution in [0.3, 0.4) is 0 Å². The molecule has 1 aliphatic heterocycles. The standard InChI is InChI=1S/C20H16ClN3/c1-24(19-13-7-3-9-15(19)21)20-14-8-2-4-10-16(14)22-17-11-5-6-12-18(17)23-20/h2-13,22H,1H3. The van der Waals surface area contributed by atoms with Gasteiger partial charge in [0.05, 0.1) is 22.1 Å². The van der Waals surface area contributed by atoms with E-state index in [-0.39, 0.29) is 0 Å². The molecule has 4 heteroatoms. The molecule has 0 fully saturated rings. The molecular formula is C20H16ClN3. The van der Waals surface area contributed by atoms with E-state index in [1.807, 2.05) is 72.6 Å². The first-order chi connectivity index (χ1) is 11.7. The molecule has 0 saturated carbocycles. The molecule has 0 saturated heterocycles. The van der Waals surface area contributed by atoms with Gasteiger partial charge in [-0.2, -0.15) is 0 Å². The maximum atomic E-state index is 6.39. The van der Waals surface area contributed by atoms with E-state index in [9.17, 15) is 0 Å². The predicted octanol–water partition coefficient (Wildman–Crippen LogP) is 5.61. The zero-order valence-electron chi connectivity index (χ0n) is 13.2. The number of benzene rings is 3. The third-order valence-corrected chi connectivity index (χ3v) is 4.42. The number of nitrogens with one attached hydrogen (secondary N) is 1. The lowest BCUT2D eigenvalue weighted by Gasteiger charge is -2.23. The summed E-state index contributed by atoms with van der Waals surface area (Å²) in [7, 11) is 1.99. The van der Waals surface area contributed by atoms with E-state index in [1.165, 1.54) is 0 Å². The van der Waals surface area contributed by atoms with Gasteiger partial charge in [-0.3, -0.25) is 0 Å². The summed E-state index contributed by atoms with van der Waals surface area (Å²) < 4.78 is 0. The lowest BCUT2D eigenvalue weighted by atomic mass is 10.1. The van der Waals surface area contributed by atoms with Crippen LogP contribution in [0.25, 0.3) is 0 Å². The van der Waals surface area contributed by atoms with Crippen molar-refractivity contribution in [2.75, 3.05) is 17.3 Å². The molecule has 0 aliphatic carbocycles. The van der Waals surface area contributed by atoms with E-state index in [0.29, 0.717) is 5.02 Å². The summed E-state index contributed by atoms with van der Waals surface area (Å²) in [6.45, 7) is 0.